The highest BCUT2D eigenvalue weighted by atomic mass is 19.1. The lowest BCUT2D eigenvalue weighted by atomic mass is 9.89. The first-order chi connectivity index (χ1) is 9.00. The van der Waals surface area contributed by atoms with E-state index >= 15 is 0 Å². The Bertz CT molecular complexity index is 460. The average molecular weight is 267 g/mol. The van der Waals surface area contributed by atoms with Crippen LogP contribution in [0, 0.1) is 11.2 Å². The molecule has 0 aromatic heterocycles. The highest BCUT2D eigenvalue weighted by Gasteiger charge is 2.34. The number of rotatable bonds is 5. The van der Waals surface area contributed by atoms with Gasteiger partial charge in [0.05, 0.1) is 13.2 Å². The molecule has 1 aromatic rings. The van der Waals surface area contributed by atoms with Crippen LogP contribution in [0.5, 0.6) is 5.75 Å². The van der Waals surface area contributed by atoms with Gasteiger partial charge < -0.3 is 14.8 Å². The molecule has 2 rings (SSSR count). The van der Waals surface area contributed by atoms with Crippen molar-refractivity contribution in [1.82, 2.24) is 5.32 Å². The van der Waals surface area contributed by atoms with Crippen LogP contribution in [0.1, 0.15) is 13.8 Å². The number of ether oxygens (including phenoxy) is 2. The minimum absolute atomic E-state index is 0.00732. The summed E-state index contributed by atoms with van der Waals surface area (Å²) in [4.78, 5) is 11.8. The lowest BCUT2D eigenvalue weighted by Gasteiger charge is -2.38. The molecule has 0 saturated carbocycles. The summed E-state index contributed by atoms with van der Waals surface area (Å²) < 4.78 is 23.8. The number of amides is 1. The van der Waals surface area contributed by atoms with Crippen LogP contribution in [0.4, 0.5) is 4.39 Å². The number of carbonyl (C=O) groups is 1. The monoisotopic (exact) mass is 267 g/mol. The van der Waals surface area contributed by atoms with E-state index < -0.39 is 11.9 Å². The van der Waals surface area contributed by atoms with E-state index in [2.05, 4.69) is 5.32 Å². The number of para-hydroxylation sites is 1. The highest BCUT2D eigenvalue weighted by molar-refractivity contribution is 5.80. The van der Waals surface area contributed by atoms with Gasteiger partial charge in [-0.3, -0.25) is 4.79 Å². The molecule has 1 heterocycles. The van der Waals surface area contributed by atoms with Gasteiger partial charge in [-0.1, -0.05) is 19.1 Å². The smallest absolute Gasteiger partial charge is 0.260 e. The molecule has 1 saturated heterocycles. The first kappa shape index (κ1) is 13.8. The lowest BCUT2D eigenvalue weighted by Crippen LogP contribution is -2.50. The second-order valence-electron chi connectivity index (χ2n) is 5.21. The van der Waals surface area contributed by atoms with E-state index in [1.807, 2.05) is 6.92 Å². The Morgan fingerprint density at radius 3 is 2.79 bits per heavy atom. The van der Waals surface area contributed by atoms with Crippen LogP contribution >= 0.6 is 0 Å². The fourth-order valence-corrected chi connectivity index (χ4v) is 1.78. The number of benzene rings is 1. The predicted octanol–water partition coefficient (Wildman–Crippen LogP) is 1.75. The second-order valence-corrected chi connectivity index (χ2v) is 5.21. The van der Waals surface area contributed by atoms with E-state index in [9.17, 15) is 9.18 Å². The number of hydrogen-bond donors (Lipinski definition) is 1. The summed E-state index contributed by atoms with van der Waals surface area (Å²) in [5, 5.41) is 2.80. The number of hydrogen-bond acceptors (Lipinski definition) is 3. The Balaban J connectivity index is 1.84. The van der Waals surface area contributed by atoms with Gasteiger partial charge >= 0.3 is 0 Å². The normalized spacial score (nSPS) is 18.3. The molecule has 5 heteroatoms. The summed E-state index contributed by atoms with van der Waals surface area (Å²) in [5.74, 6) is -0.638. The second kappa shape index (κ2) is 5.57. The number of nitrogens with one attached hydrogen (secondary N) is 1. The zero-order valence-electron chi connectivity index (χ0n) is 11.1. The topological polar surface area (TPSA) is 47.6 Å². The molecule has 0 aliphatic carbocycles. The van der Waals surface area contributed by atoms with Crippen LogP contribution in [0.25, 0.3) is 0 Å². The van der Waals surface area contributed by atoms with Crippen LogP contribution in [0.3, 0.4) is 0 Å². The van der Waals surface area contributed by atoms with Crippen molar-refractivity contribution < 1.29 is 18.7 Å². The largest absolute Gasteiger partial charge is 0.478 e. The van der Waals surface area contributed by atoms with E-state index in [-0.39, 0.29) is 17.1 Å². The van der Waals surface area contributed by atoms with E-state index in [4.69, 9.17) is 9.47 Å². The van der Waals surface area contributed by atoms with Gasteiger partial charge in [-0.2, -0.15) is 0 Å². The molecule has 1 N–H and O–H groups in total. The number of halogens is 1. The van der Waals surface area contributed by atoms with Gasteiger partial charge in [0.2, 0.25) is 0 Å². The van der Waals surface area contributed by atoms with Crippen molar-refractivity contribution >= 4 is 5.91 Å². The fourth-order valence-electron chi connectivity index (χ4n) is 1.78. The third kappa shape index (κ3) is 3.44. The standard InChI is InChI=1S/C14H18FNO3/c1-10(19-12-6-4-3-5-11(12)15)13(17)16-7-14(2)8-18-9-14/h3-6,10H,7-9H2,1-2H3,(H,16,17). The number of carbonyl (C=O) groups excluding carboxylic acids is 1. The van der Waals surface area contributed by atoms with Crippen molar-refractivity contribution in [1.29, 1.82) is 0 Å². The van der Waals surface area contributed by atoms with Gasteiger partial charge in [0, 0.05) is 12.0 Å². The SMILES string of the molecule is CC(Oc1ccccc1F)C(=O)NCC1(C)COC1. The summed E-state index contributed by atoms with van der Waals surface area (Å²) in [5.41, 5.74) is 0.00732. The first-order valence-corrected chi connectivity index (χ1v) is 6.27. The maximum atomic E-state index is 13.4. The van der Waals surface area contributed by atoms with Crippen LogP contribution in [0.2, 0.25) is 0 Å². The molecule has 0 spiro atoms. The van der Waals surface area contributed by atoms with E-state index in [0.717, 1.165) is 0 Å². The molecule has 104 valence electrons. The Labute approximate surface area is 111 Å². The van der Waals surface area contributed by atoms with Crippen LogP contribution in [-0.2, 0) is 9.53 Å². The first-order valence-electron chi connectivity index (χ1n) is 6.27. The minimum atomic E-state index is -0.735. The summed E-state index contributed by atoms with van der Waals surface area (Å²) in [6.07, 6.45) is -0.735. The molecule has 0 bridgehead atoms. The molecule has 1 atom stereocenters. The third-order valence-electron chi connectivity index (χ3n) is 3.10. The molecule has 1 aliphatic heterocycles. The van der Waals surface area contributed by atoms with E-state index in [1.54, 1.807) is 19.1 Å². The minimum Gasteiger partial charge on any atom is -0.478 e. The van der Waals surface area contributed by atoms with Crippen molar-refractivity contribution in [3.63, 3.8) is 0 Å². The fraction of sp³-hybridized carbons (Fsp3) is 0.500. The van der Waals surface area contributed by atoms with E-state index in [0.29, 0.717) is 19.8 Å². The summed E-state index contributed by atoms with van der Waals surface area (Å²) in [6.45, 7) is 5.48. The van der Waals surface area contributed by atoms with Gasteiger partial charge in [-0.25, -0.2) is 4.39 Å². The average Bonchev–Trinajstić information content (AvgIpc) is 2.36. The molecule has 4 nitrogen and oxygen atoms in total. The van der Waals surface area contributed by atoms with Gasteiger partial charge in [-0.05, 0) is 19.1 Å². The molecule has 1 aliphatic rings. The molecule has 0 radical (unpaired) electrons. The molecule has 1 amide bonds. The molecule has 19 heavy (non-hydrogen) atoms. The molecule has 1 unspecified atom stereocenters. The highest BCUT2D eigenvalue weighted by Crippen LogP contribution is 2.25. The Morgan fingerprint density at radius 2 is 2.21 bits per heavy atom. The third-order valence-corrected chi connectivity index (χ3v) is 3.10. The van der Waals surface area contributed by atoms with E-state index in [1.165, 1.54) is 12.1 Å². The zero-order chi connectivity index (χ0) is 13.9. The van der Waals surface area contributed by atoms with Crippen LogP contribution < -0.4 is 10.1 Å². The summed E-state index contributed by atoms with van der Waals surface area (Å²) in [6, 6.07) is 6.03. The maximum Gasteiger partial charge on any atom is 0.260 e. The van der Waals surface area contributed by atoms with Crippen molar-refractivity contribution in [2.45, 2.75) is 20.0 Å². The predicted molar refractivity (Wildman–Crippen MR) is 68.4 cm³/mol. The Kier molecular flexibility index (Phi) is 4.04. The van der Waals surface area contributed by atoms with Crippen molar-refractivity contribution in [2.75, 3.05) is 19.8 Å². The van der Waals surface area contributed by atoms with Crippen LogP contribution in [0.15, 0.2) is 24.3 Å². The lowest BCUT2D eigenvalue weighted by molar-refractivity contribution is -0.132. The van der Waals surface area contributed by atoms with Crippen LogP contribution in [-0.4, -0.2) is 31.8 Å². The molecule has 1 aromatic carbocycles. The van der Waals surface area contributed by atoms with Gasteiger partial charge in [0.1, 0.15) is 0 Å². The quantitative estimate of drug-likeness (QED) is 0.884. The molecule has 1 fully saturated rings. The molecular weight excluding hydrogens is 249 g/mol. The maximum absolute atomic E-state index is 13.4. The van der Waals surface area contributed by atoms with Crippen molar-refractivity contribution in [2.24, 2.45) is 5.41 Å². The Hall–Kier alpha value is -1.62. The Morgan fingerprint density at radius 1 is 1.53 bits per heavy atom. The molecular formula is C14H18FNO3. The zero-order valence-corrected chi connectivity index (χ0v) is 11.1. The van der Waals surface area contributed by atoms with Gasteiger partial charge in [0.15, 0.2) is 17.7 Å². The summed E-state index contributed by atoms with van der Waals surface area (Å²) >= 11 is 0. The van der Waals surface area contributed by atoms with Crippen molar-refractivity contribution in [3.8, 4) is 5.75 Å². The summed E-state index contributed by atoms with van der Waals surface area (Å²) in [7, 11) is 0. The van der Waals surface area contributed by atoms with Gasteiger partial charge in [0.25, 0.3) is 5.91 Å². The van der Waals surface area contributed by atoms with Crippen molar-refractivity contribution in [3.05, 3.63) is 30.1 Å². The van der Waals surface area contributed by atoms with Gasteiger partial charge in [-0.15, -0.1) is 0 Å².